The number of anilines is 1. The number of halogens is 3. The average molecular weight is 437 g/mol. The first-order valence-electron chi connectivity index (χ1n) is 5.53. The van der Waals surface area contributed by atoms with Crippen LogP contribution >= 0.6 is 50.1 Å². The molecule has 2 aromatic carbocycles. The molecule has 4 heteroatoms. The van der Waals surface area contributed by atoms with Crippen molar-refractivity contribution in [3.63, 3.8) is 0 Å². The Bertz CT molecular complexity index is 559. The lowest BCUT2D eigenvalue weighted by atomic mass is 10.1. The van der Waals surface area contributed by atoms with Gasteiger partial charge >= 0.3 is 0 Å². The van der Waals surface area contributed by atoms with Gasteiger partial charge in [-0.25, -0.2) is 0 Å². The van der Waals surface area contributed by atoms with Crippen LogP contribution in [0.3, 0.4) is 0 Å². The lowest BCUT2D eigenvalue weighted by Crippen LogP contribution is -2.06. The van der Waals surface area contributed by atoms with Crippen molar-refractivity contribution >= 4 is 55.8 Å². The van der Waals surface area contributed by atoms with E-state index in [1.165, 1.54) is 5.56 Å². The van der Waals surface area contributed by atoms with Crippen molar-refractivity contribution in [1.82, 2.24) is 0 Å². The summed E-state index contributed by atoms with van der Waals surface area (Å²) in [5.41, 5.74) is 2.18. The maximum absolute atomic E-state index is 6.22. The Hall–Kier alpha value is -0.260. The van der Waals surface area contributed by atoms with Crippen LogP contribution in [0.15, 0.2) is 46.9 Å². The van der Waals surface area contributed by atoms with Crippen molar-refractivity contribution in [1.29, 1.82) is 0 Å². The molecule has 0 fully saturated rings. The summed E-state index contributed by atoms with van der Waals surface area (Å²) in [7, 11) is 0. The standard InChI is InChI=1S/C14H12BrClIN/c1-9(10-3-2-4-11(15)7-10)18-14-6-5-12(17)8-13(14)16/h2-9,18H,1H3. The largest absolute Gasteiger partial charge is 0.377 e. The maximum Gasteiger partial charge on any atom is 0.0648 e. The highest BCUT2D eigenvalue weighted by Gasteiger charge is 2.08. The third-order valence-electron chi connectivity index (χ3n) is 2.65. The highest BCUT2D eigenvalue weighted by molar-refractivity contribution is 14.1. The molecule has 0 saturated heterocycles. The van der Waals surface area contributed by atoms with Crippen LogP contribution in [0.2, 0.25) is 5.02 Å². The van der Waals surface area contributed by atoms with Crippen LogP contribution in [0.5, 0.6) is 0 Å². The van der Waals surface area contributed by atoms with Crippen LogP contribution in [0, 0.1) is 3.57 Å². The van der Waals surface area contributed by atoms with Gasteiger partial charge in [0, 0.05) is 14.1 Å². The number of benzene rings is 2. The normalized spacial score (nSPS) is 12.2. The van der Waals surface area contributed by atoms with E-state index in [-0.39, 0.29) is 6.04 Å². The van der Waals surface area contributed by atoms with Crippen molar-refractivity contribution in [2.75, 3.05) is 5.32 Å². The molecule has 0 aliphatic carbocycles. The Kier molecular flexibility index (Phi) is 4.92. The fourth-order valence-corrected chi connectivity index (χ4v) is 3.03. The Morgan fingerprint density at radius 2 is 2.00 bits per heavy atom. The van der Waals surface area contributed by atoms with E-state index in [0.29, 0.717) is 0 Å². The van der Waals surface area contributed by atoms with E-state index in [0.717, 1.165) is 18.8 Å². The molecule has 1 unspecified atom stereocenters. The summed E-state index contributed by atoms with van der Waals surface area (Å²) in [5, 5.41) is 4.18. The summed E-state index contributed by atoms with van der Waals surface area (Å²) in [6.07, 6.45) is 0. The Morgan fingerprint density at radius 1 is 1.22 bits per heavy atom. The van der Waals surface area contributed by atoms with Gasteiger partial charge in [-0.05, 0) is 65.4 Å². The zero-order valence-corrected chi connectivity index (χ0v) is 14.3. The number of nitrogens with one attached hydrogen (secondary N) is 1. The van der Waals surface area contributed by atoms with E-state index in [1.807, 2.05) is 30.3 Å². The van der Waals surface area contributed by atoms with Gasteiger partial charge in [0.1, 0.15) is 0 Å². The molecular weight excluding hydrogens is 424 g/mol. The zero-order valence-electron chi connectivity index (χ0n) is 9.75. The monoisotopic (exact) mass is 435 g/mol. The lowest BCUT2D eigenvalue weighted by Gasteiger charge is -2.17. The summed E-state index contributed by atoms with van der Waals surface area (Å²) in [6, 6.07) is 14.5. The first kappa shape index (κ1) is 14.2. The van der Waals surface area contributed by atoms with Crippen molar-refractivity contribution in [3.05, 3.63) is 61.1 Å². The van der Waals surface area contributed by atoms with E-state index in [9.17, 15) is 0 Å². The highest BCUT2D eigenvalue weighted by Crippen LogP contribution is 2.28. The molecule has 1 atom stereocenters. The van der Waals surface area contributed by atoms with Gasteiger partial charge in [-0.3, -0.25) is 0 Å². The molecule has 0 aliphatic heterocycles. The van der Waals surface area contributed by atoms with Crippen LogP contribution in [0.25, 0.3) is 0 Å². The minimum absolute atomic E-state index is 0.208. The molecule has 0 bridgehead atoms. The van der Waals surface area contributed by atoms with Crippen molar-refractivity contribution in [2.24, 2.45) is 0 Å². The predicted octanol–water partition coefficient (Wildman–Crippen LogP) is 5.88. The molecule has 2 rings (SSSR count). The predicted molar refractivity (Wildman–Crippen MR) is 90.3 cm³/mol. The van der Waals surface area contributed by atoms with Gasteiger partial charge in [0.15, 0.2) is 0 Å². The van der Waals surface area contributed by atoms with Gasteiger partial charge in [0.2, 0.25) is 0 Å². The van der Waals surface area contributed by atoms with E-state index in [4.69, 9.17) is 11.6 Å². The molecular formula is C14H12BrClIN. The summed E-state index contributed by atoms with van der Waals surface area (Å²) in [6.45, 7) is 2.12. The van der Waals surface area contributed by atoms with Crippen molar-refractivity contribution in [3.8, 4) is 0 Å². The van der Waals surface area contributed by atoms with Crippen molar-refractivity contribution in [2.45, 2.75) is 13.0 Å². The average Bonchev–Trinajstić information content (AvgIpc) is 2.32. The van der Waals surface area contributed by atoms with Gasteiger partial charge in [0.05, 0.1) is 10.7 Å². The van der Waals surface area contributed by atoms with Gasteiger partial charge in [-0.15, -0.1) is 0 Å². The van der Waals surface area contributed by atoms with Crippen LogP contribution < -0.4 is 5.32 Å². The number of hydrogen-bond acceptors (Lipinski definition) is 1. The van der Waals surface area contributed by atoms with Crippen LogP contribution in [-0.4, -0.2) is 0 Å². The van der Waals surface area contributed by atoms with E-state index >= 15 is 0 Å². The van der Waals surface area contributed by atoms with E-state index in [2.05, 4.69) is 62.9 Å². The molecule has 0 heterocycles. The molecule has 0 amide bonds. The highest BCUT2D eigenvalue weighted by atomic mass is 127. The molecule has 0 aliphatic rings. The van der Waals surface area contributed by atoms with Gasteiger partial charge in [-0.2, -0.15) is 0 Å². The molecule has 0 spiro atoms. The minimum Gasteiger partial charge on any atom is -0.377 e. The molecule has 18 heavy (non-hydrogen) atoms. The van der Waals surface area contributed by atoms with E-state index in [1.54, 1.807) is 0 Å². The molecule has 0 radical (unpaired) electrons. The van der Waals surface area contributed by atoms with E-state index < -0.39 is 0 Å². The van der Waals surface area contributed by atoms with Crippen LogP contribution in [-0.2, 0) is 0 Å². The summed E-state index contributed by atoms with van der Waals surface area (Å²) in [5.74, 6) is 0. The third-order valence-corrected chi connectivity index (χ3v) is 4.13. The first-order valence-corrected chi connectivity index (χ1v) is 7.78. The topological polar surface area (TPSA) is 12.0 Å². The smallest absolute Gasteiger partial charge is 0.0648 e. The van der Waals surface area contributed by atoms with Gasteiger partial charge in [0.25, 0.3) is 0 Å². The Balaban J connectivity index is 2.18. The second-order valence-corrected chi connectivity index (χ2v) is 6.61. The molecule has 1 N–H and O–H groups in total. The molecule has 1 nitrogen and oxygen atoms in total. The third kappa shape index (κ3) is 3.62. The first-order chi connectivity index (χ1) is 8.56. The lowest BCUT2D eigenvalue weighted by molar-refractivity contribution is 0.884. The molecule has 0 saturated carbocycles. The Morgan fingerprint density at radius 3 is 2.67 bits per heavy atom. The molecule has 94 valence electrons. The maximum atomic E-state index is 6.22. The molecule has 2 aromatic rings. The number of rotatable bonds is 3. The second-order valence-electron chi connectivity index (χ2n) is 4.05. The Labute approximate surface area is 134 Å². The zero-order chi connectivity index (χ0) is 13.1. The van der Waals surface area contributed by atoms with Crippen LogP contribution in [0.4, 0.5) is 5.69 Å². The van der Waals surface area contributed by atoms with Gasteiger partial charge < -0.3 is 5.32 Å². The fraction of sp³-hybridized carbons (Fsp3) is 0.143. The van der Waals surface area contributed by atoms with Crippen molar-refractivity contribution < 1.29 is 0 Å². The quantitative estimate of drug-likeness (QED) is 0.593. The molecule has 0 aromatic heterocycles. The fourth-order valence-electron chi connectivity index (χ4n) is 1.70. The minimum atomic E-state index is 0.208. The second kappa shape index (κ2) is 6.26. The van der Waals surface area contributed by atoms with Crippen LogP contribution in [0.1, 0.15) is 18.5 Å². The summed E-state index contributed by atoms with van der Waals surface area (Å²) >= 11 is 12.0. The summed E-state index contributed by atoms with van der Waals surface area (Å²) in [4.78, 5) is 0. The SMILES string of the molecule is CC(Nc1ccc(I)cc1Cl)c1cccc(Br)c1. The summed E-state index contributed by atoms with van der Waals surface area (Å²) < 4.78 is 2.22. The number of hydrogen-bond donors (Lipinski definition) is 1. The van der Waals surface area contributed by atoms with Gasteiger partial charge in [-0.1, -0.05) is 39.7 Å².